The van der Waals surface area contributed by atoms with Crippen LogP contribution in [-0.4, -0.2) is 67.8 Å². The summed E-state index contributed by atoms with van der Waals surface area (Å²) >= 11 is 0. The van der Waals surface area contributed by atoms with E-state index in [4.69, 9.17) is 9.47 Å². The average Bonchev–Trinajstić information content (AvgIpc) is 2.79. The highest BCUT2D eigenvalue weighted by Crippen LogP contribution is 2.31. The fourth-order valence-electron chi connectivity index (χ4n) is 4.01. The second-order valence-corrected chi connectivity index (χ2v) is 7.24. The van der Waals surface area contributed by atoms with Crippen LogP contribution >= 0.6 is 0 Å². The number of ether oxygens (including phenoxy) is 2. The van der Waals surface area contributed by atoms with E-state index in [1.807, 2.05) is 29.2 Å². The van der Waals surface area contributed by atoms with E-state index in [1.165, 1.54) is 11.1 Å². The molecule has 0 aromatic heterocycles. The normalized spacial score (nSPS) is 17.2. The van der Waals surface area contributed by atoms with Crippen LogP contribution in [-0.2, 0) is 9.47 Å². The monoisotopic (exact) mass is 394 g/mol. The lowest BCUT2D eigenvalue weighted by atomic mass is 9.92. The highest BCUT2D eigenvalue weighted by atomic mass is 16.6. The Balaban J connectivity index is 1.58. The van der Waals surface area contributed by atoms with Crippen LogP contribution in [0, 0.1) is 0 Å². The van der Waals surface area contributed by atoms with Gasteiger partial charge in [0.05, 0.1) is 19.8 Å². The van der Waals surface area contributed by atoms with Crippen molar-refractivity contribution in [2.75, 3.05) is 46.0 Å². The van der Waals surface area contributed by atoms with Crippen molar-refractivity contribution in [3.8, 4) is 0 Å². The Hall–Kier alpha value is -2.86. The number of nitrogens with zero attached hydrogens (tertiary/aromatic N) is 2. The van der Waals surface area contributed by atoms with Crippen LogP contribution in [0.5, 0.6) is 0 Å². The third kappa shape index (κ3) is 3.98. The van der Waals surface area contributed by atoms with Crippen LogP contribution in [0.25, 0.3) is 16.3 Å². The van der Waals surface area contributed by atoms with Crippen molar-refractivity contribution in [1.29, 1.82) is 0 Å². The molecule has 0 spiro atoms. The van der Waals surface area contributed by atoms with E-state index in [0.717, 1.165) is 23.8 Å². The first-order valence-corrected chi connectivity index (χ1v) is 10.2. The minimum absolute atomic E-state index is 0.0113. The van der Waals surface area contributed by atoms with Gasteiger partial charge >= 0.3 is 6.09 Å². The molecule has 2 aliphatic rings. The molecule has 0 N–H and O–H groups in total. The minimum atomic E-state index is -0.306. The Morgan fingerprint density at radius 3 is 2.41 bits per heavy atom. The van der Waals surface area contributed by atoms with Gasteiger partial charge in [-0.1, -0.05) is 36.4 Å². The molecule has 6 heteroatoms. The molecule has 0 radical (unpaired) electrons. The Morgan fingerprint density at radius 1 is 1.00 bits per heavy atom. The zero-order valence-electron chi connectivity index (χ0n) is 16.7. The molecule has 2 heterocycles. The van der Waals surface area contributed by atoms with E-state index in [1.54, 1.807) is 11.8 Å². The fourth-order valence-corrected chi connectivity index (χ4v) is 4.01. The number of fused-ring (bicyclic) bond motifs is 1. The molecule has 6 nitrogen and oxygen atoms in total. The molecule has 2 aromatic carbocycles. The van der Waals surface area contributed by atoms with Gasteiger partial charge < -0.3 is 19.3 Å². The maximum Gasteiger partial charge on any atom is 0.409 e. The van der Waals surface area contributed by atoms with Gasteiger partial charge in [-0.05, 0) is 41.3 Å². The smallest absolute Gasteiger partial charge is 0.409 e. The van der Waals surface area contributed by atoms with Gasteiger partial charge in [-0.15, -0.1) is 0 Å². The second kappa shape index (κ2) is 8.66. The van der Waals surface area contributed by atoms with E-state index in [-0.39, 0.29) is 12.0 Å². The number of hydrogen-bond donors (Lipinski definition) is 0. The molecule has 4 rings (SSSR count). The lowest BCUT2D eigenvalue weighted by molar-refractivity contribution is 0.0572. The standard InChI is InChI=1S/C23H26N2O4/c1-2-29-23(27)25-13-11-24(12-14-25)22(26)21-8-7-18(17-9-15-28-16-10-17)19-5-3-4-6-20(19)21/h3-9H,2,10-16H2,1H3. The molecule has 29 heavy (non-hydrogen) atoms. The van der Waals surface area contributed by atoms with Crippen LogP contribution in [0.3, 0.4) is 0 Å². The van der Waals surface area contributed by atoms with Gasteiger partial charge in [0.1, 0.15) is 0 Å². The Morgan fingerprint density at radius 2 is 1.72 bits per heavy atom. The Bertz CT molecular complexity index is 945. The molecule has 2 aliphatic heterocycles. The number of carbonyl (C=O) groups excluding carboxylic acids is 2. The molecule has 2 amide bonds. The Kier molecular flexibility index (Phi) is 5.81. The maximum atomic E-state index is 13.3. The van der Waals surface area contributed by atoms with Crippen molar-refractivity contribution in [2.24, 2.45) is 0 Å². The first kappa shape index (κ1) is 19.5. The van der Waals surface area contributed by atoms with Gasteiger partial charge in [0.15, 0.2) is 0 Å². The molecule has 1 fully saturated rings. The average molecular weight is 394 g/mol. The van der Waals surface area contributed by atoms with Gasteiger partial charge in [-0.3, -0.25) is 4.79 Å². The molecule has 0 atom stereocenters. The van der Waals surface area contributed by atoms with Crippen LogP contribution in [0.2, 0.25) is 0 Å². The van der Waals surface area contributed by atoms with Gasteiger partial charge in [0.25, 0.3) is 5.91 Å². The van der Waals surface area contributed by atoms with Crippen LogP contribution in [0.4, 0.5) is 4.79 Å². The first-order valence-electron chi connectivity index (χ1n) is 10.2. The van der Waals surface area contributed by atoms with E-state index < -0.39 is 0 Å². The quantitative estimate of drug-likeness (QED) is 0.799. The summed E-state index contributed by atoms with van der Waals surface area (Å²) in [5.74, 6) is 0.0113. The van der Waals surface area contributed by atoms with Gasteiger partial charge in [0.2, 0.25) is 0 Å². The van der Waals surface area contributed by atoms with Crippen molar-refractivity contribution in [1.82, 2.24) is 9.80 Å². The summed E-state index contributed by atoms with van der Waals surface area (Å²) in [4.78, 5) is 28.6. The topological polar surface area (TPSA) is 59.1 Å². The number of benzene rings is 2. The lowest BCUT2D eigenvalue weighted by Gasteiger charge is -2.34. The third-order valence-electron chi connectivity index (χ3n) is 5.56. The minimum Gasteiger partial charge on any atom is -0.450 e. The van der Waals surface area contributed by atoms with Crippen molar-refractivity contribution in [3.63, 3.8) is 0 Å². The maximum absolute atomic E-state index is 13.3. The second-order valence-electron chi connectivity index (χ2n) is 7.24. The lowest BCUT2D eigenvalue weighted by Crippen LogP contribution is -2.50. The zero-order chi connectivity index (χ0) is 20.2. The molecule has 152 valence electrons. The van der Waals surface area contributed by atoms with Crippen LogP contribution in [0.1, 0.15) is 29.3 Å². The first-order chi connectivity index (χ1) is 14.2. The summed E-state index contributed by atoms with van der Waals surface area (Å²) in [5.41, 5.74) is 3.16. The fraction of sp³-hybridized carbons (Fsp3) is 0.391. The largest absolute Gasteiger partial charge is 0.450 e. The molecule has 0 aliphatic carbocycles. The van der Waals surface area contributed by atoms with Crippen LogP contribution in [0.15, 0.2) is 42.5 Å². The summed E-state index contributed by atoms with van der Waals surface area (Å²) in [6.45, 7) is 5.52. The summed E-state index contributed by atoms with van der Waals surface area (Å²) in [7, 11) is 0. The summed E-state index contributed by atoms with van der Waals surface area (Å²) in [6.07, 6.45) is 2.70. The third-order valence-corrected chi connectivity index (χ3v) is 5.56. The summed E-state index contributed by atoms with van der Waals surface area (Å²) in [6, 6.07) is 12.1. The predicted octanol–water partition coefficient (Wildman–Crippen LogP) is 3.56. The van der Waals surface area contributed by atoms with Gasteiger partial charge in [0, 0.05) is 31.7 Å². The molecular formula is C23H26N2O4. The van der Waals surface area contributed by atoms with E-state index >= 15 is 0 Å². The number of hydrogen-bond acceptors (Lipinski definition) is 4. The predicted molar refractivity (Wildman–Crippen MR) is 112 cm³/mol. The molecular weight excluding hydrogens is 368 g/mol. The van der Waals surface area contributed by atoms with Crippen molar-refractivity contribution in [3.05, 3.63) is 53.6 Å². The molecule has 0 unspecified atom stereocenters. The number of piperazine rings is 1. The van der Waals surface area contributed by atoms with Gasteiger partial charge in [-0.2, -0.15) is 0 Å². The van der Waals surface area contributed by atoms with Crippen molar-refractivity contribution < 1.29 is 19.1 Å². The molecule has 1 saturated heterocycles. The van der Waals surface area contributed by atoms with E-state index in [0.29, 0.717) is 45.0 Å². The van der Waals surface area contributed by atoms with Crippen molar-refractivity contribution >= 4 is 28.3 Å². The number of amides is 2. The highest BCUT2D eigenvalue weighted by molar-refractivity contribution is 6.09. The molecule has 0 bridgehead atoms. The number of rotatable bonds is 3. The van der Waals surface area contributed by atoms with Crippen molar-refractivity contribution in [2.45, 2.75) is 13.3 Å². The highest BCUT2D eigenvalue weighted by Gasteiger charge is 2.26. The van der Waals surface area contributed by atoms with E-state index in [9.17, 15) is 9.59 Å². The zero-order valence-corrected chi connectivity index (χ0v) is 16.7. The summed E-state index contributed by atoms with van der Waals surface area (Å²) in [5, 5.41) is 2.06. The van der Waals surface area contributed by atoms with Crippen LogP contribution < -0.4 is 0 Å². The Labute approximate surface area is 170 Å². The SMILES string of the molecule is CCOC(=O)N1CCN(C(=O)c2ccc(C3=CCOCC3)c3ccccc23)CC1. The number of carbonyl (C=O) groups is 2. The van der Waals surface area contributed by atoms with Gasteiger partial charge in [-0.25, -0.2) is 4.79 Å². The van der Waals surface area contributed by atoms with E-state index in [2.05, 4.69) is 18.2 Å². The molecule has 2 aromatic rings. The molecule has 0 saturated carbocycles. The summed E-state index contributed by atoms with van der Waals surface area (Å²) < 4.78 is 10.5.